The number of carbonyl (C=O) groups is 1. The number of benzene rings is 4. The number of carbonyl (C=O) groups excluding carboxylic acids is 1. The summed E-state index contributed by atoms with van der Waals surface area (Å²) in [6, 6.07) is 33.5. The third kappa shape index (κ3) is 4.79. The largest absolute Gasteiger partial charge is 0.508 e. The Hall–Kier alpha value is -3.56. The van der Waals surface area contributed by atoms with E-state index in [1.165, 1.54) is 6.07 Å². The molecule has 4 heteroatoms. The Balaban J connectivity index is 1.76. The molecule has 0 heterocycles. The van der Waals surface area contributed by atoms with Crippen LogP contribution < -0.4 is 5.32 Å². The highest BCUT2D eigenvalue weighted by Crippen LogP contribution is 2.34. The van der Waals surface area contributed by atoms with Gasteiger partial charge in [-0.1, -0.05) is 103 Å². The minimum atomic E-state index is -0.713. The summed E-state index contributed by atoms with van der Waals surface area (Å²) in [5.41, 5.74) is 3.20. The van der Waals surface area contributed by atoms with E-state index in [0.717, 1.165) is 16.7 Å². The topological polar surface area (TPSA) is 49.3 Å². The first-order valence-electron chi connectivity index (χ1n) is 10.1. The van der Waals surface area contributed by atoms with E-state index in [1.54, 1.807) is 12.1 Å². The summed E-state index contributed by atoms with van der Waals surface area (Å²) in [5, 5.41) is 14.2. The first-order chi connectivity index (χ1) is 15.1. The van der Waals surface area contributed by atoms with Crippen molar-refractivity contribution >= 4 is 17.5 Å². The van der Waals surface area contributed by atoms with Crippen LogP contribution in [0.3, 0.4) is 0 Å². The van der Waals surface area contributed by atoms with Gasteiger partial charge in [-0.05, 0) is 34.9 Å². The molecule has 0 fully saturated rings. The quantitative estimate of drug-likeness (QED) is 0.391. The van der Waals surface area contributed by atoms with Crippen LogP contribution in [0.25, 0.3) is 0 Å². The molecule has 0 bridgehead atoms. The highest BCUT2D eigenvalue weighted by Gasteiger charge is 2.28. The van der Waals surface area contributed by atoms with Crippen molar-refractivity contribution in [1.82, 2.24) is 5.32 Å². The Labute approximate surface area is 187 Å². The average Bonchev–Trinajstić information content (AvgIpc) is 2.82. The number of halogens is 1. The highest BCUT2D eigenvalue weighted by molar-refractivity contribution is 6.30. The van der Waals surface area contributed by atoms with Crippen LogP contribution in [0.5, 0.6) is 5.75 Å². The van der Waals surface area contributed by atoms with Gasteiger partial charge < -0.3 is 10.4 Å². The van der Waals surface area contributed by atoms with Gasteiger partial charge in [0, 0.05) is 10.6 Å². The zero-order valence-electron chi connectivity index (χ0n) is 16.8. The van der Waals surface area contributed by atoms with Crippen LogP contribution in [-0.4, -0.2) is 11.0 Å². The van der Waals surface area contributed by atoms with E-state index in [9.17, 15) is 9.90 Å². The fourth-order valence-electron chi connectivity index (χ4n) is 3.75. The molecule has 0 radical (unpaired) electrons. The van der Waals surface area contributed by atoms with E-state index in [1.807, 2.05) is 91.0 Å². The number of hydrogen-bond acceptors (Lipinski definition) is 2. The number of rotatable bonds is 6. The zero-order chi connectivity index (χ0) is 21.6. The van der Waals surface area contributed by atoms with Crippen molar-refractivity contribution in [2.75, 3.05) is 0 Å². The lowest BCUT2D eigenvalue weighted by Crippen LogP contribution is -2.34. The summed E-state index contributed by atoms with van der Waals surface area (Å²) in [6.45, 7) is 0. The van der Waals surface area contributed by atoms with Crippen molar-refractivity contribution in [1.29, 1.82) is 0 Å². The Bertz CT molecular complexity index is 1110. The fourth-order valence-corrected chi connectivity index (χ4v) is 3.93. The van der Waals surface area contributed by atoms with Crippen LogP contribution >= 0.6 is 11.6 Å². The van der Waals surface area contributed by atoms with Crippen molar-refractivity contribution < 1.29 is 9.90 Å². The van der Waals surface area contributed by atoms with Gasteiger partial charge in [-0.2, -0.15) is 0 Å². The SMILES string of the molecule is O=C(NC(c1ccccc1)c1ccccc1)[C@@H](c1ccccc1)c1cc(Cl)ccc1O. The monoisotopic (exact) mass is 427 g/mol. The maximum atomic E-state index is 13.7. The zero-order valence-corrected chi connectivity index (χ0v) is 17.5. The standard InChI is InChI=1S/C27H22ClNO2/c28-22-16-17-24(30)23(18-22)25(19-10-4-1-5-11-19)27(31)29-26(20-12-6-2-7-13-20)21-14-8-3-9-15-21/h1-18,25-26,30H,(H,29,31)/t25-/m0/s1. The van der Waals surface area contributed by atoms with Gasteiger partial charge in [-0.25, -0.2) is 0 Å². The second-order valence-corrected chi connectivity index (χ2v) is 7.75. The summed E-state index contributed by atoms with van der Waals surface area (Å²) in [4.78, 5) is 13.7. The maximum absolute atomic E-state index is 13.7. The van der Waals surface area contributed by atoms with Crippen LogP contribution in [0.2, 0.25) is 5.02 Å². The predicted molar refractivity (Wildman–Crippen MR) is 124 cm³/mol. The molecule has 0 saturated carbocycles. The number of hydrogen-bond donors (Lipinski definition) is 2. The molecule has 0 aliphatic rings. The van der Waals surface area contributed by atoms with Crippen LogP contribution in [-0.2, 0) is 4.79 Å². The van der Waals surface area contributed by atoms with E-state index in [-0.39, 0.29) is 17.7 Å². The molecule has 4 aromatic rings. The molecule has 2 N–H and O–H groups in total. The van der Waals surface area contributed by atoms with Gasteiger partial charge in [0.1, 0.15) is 5.75 Å². The van der Waals surface area contributed by atoms with Crippen LogP contribution in [0.1, 0.15) is 34.2 Å². The molecular formula is C27H22ClNO2. The molecule has 0 aromatic heterocycles. The minimum Gasteiger partial charge on any atom is -0.508 e. The van der Waals surface area contributed by atoms with E-state index < -0.39 is 5.92 Å². The third-order valence-corrected chi connectivity index (χ3v) is 5.48. The van der Waals surface area contributed by atoms with E-state index in [4.69, 9.17) is 11.6 Å². The summed E-state index contributed by atoms with van der Waals surface area (Å²) >= 11 is 6.21. The van der Waals surface area contributed by atoms with Gasteiger partial charge in [0.2, 0.25) is 5.91 Å². The number of nitrogens with one attached hydrogen (secondary N) is 1. The van der Waals surface area contributed by atoms with Crippen molar-refractivity contribution in [3.63, 3.8) is 0 Å². The molecule has 3 nitrogen and oxygen atoms in total. The molecule has 0 aliphatic carbocycles. The van der Waals surface area contributed by atoms with Gasteiger partial charge in [0.15, 0.2) is 0 Å². The van der Waals surface area contributed by atoms with Crippen LogP contribution in [0, 0.1) is 0 Å². The highest BCUT2D eigenvalue weighted by atomic mass is 35.5. The number of aromatic hydroxyl groups is 1. The lowest BCUT2D eigenvalue weighted by atomic mass is 9.88. The van der Waals surface area contributed by atoms with Gasteiger partial charge in [0.25, 0.3) is 0 Å². The van der Waals surface area contributed by atoms with Gasteiger partial charge >= 0.3 is 0 Å². The van der Waals surface area contributed by atoms with Crippen LogP contribution in [0.4, 0.5) is 0 Å². The molecule has 1 amide bonds. The molecular weight excluding hydrogens is 406 g/mol. The summed E-state index contributed by atoms with van der Waals surface area (Å²) in [5.74, 6) is -0.902. The van der Waals surface area contributed by atoms with Crippen molar-refractivity contribution in [3.05, 3.63) is 136 Å². The maximum Gasteiger partial charge on any atom is 0.232 e. The first kappa shape index (κ1) is 20.7. The molecule has 0 spiro atoms. The Morgan fingerprint density at radius 2 is 1.19 bits per heavy atom. The van der Waals surface area contributed by atoms with Crippen LogP contribution in [0.15, 0.2) is 109 Å². The molecule has 31 heavy (non-hydrogen) atoms. The smallest absolute Gasteiger partial charge is 0.232 e. The molecule has 154 valence electrons. The number of phenolic OH excluding ortho intramolecular Hbond substituents is 1. The van der Waals surface area contributed by atoms with Crippen molar-refractivity contribution in [2.24, 2.45) is 0 Å². The molecule has 1 atom stereocenters. The average molecular weight is 428 g/mol. The molecule has 0 unspecified atom stereocenters. The lowest BCUT2D eigenvalue weighted by Gasteiger charge is -2.25. The lowest BCUT2D eigenvalue weighted by molar-refractivity contribution is -0.122. The van der Waals surface area contributed by atoms with E-state index >= 15 is 0 Å². The molecule has 0 aliphatic heterocycles. The van der Waals surface area contributed by atoms with Gasteiger partial charge in [0.05, 0.1) is 12.0 Å². The Morgan fingerprint density at radius 1 is 0.710 bits per heavy atom. The van der Waals surface area contributed by atoms with E-state index in [2.05, 4.69) is 5.32 Å². The third-order valence-electron chi connectivity index (χ3n) is 5.25. The van der Waals surface area contributed by atoms with Gasteiger partial charge in [-0.3, -0.25) is 4.79 Å². The van der Waals surface area contributed by atoms with Gasteiger partial charge in [-0.15, -0.1) is 0 Å². The van der Waals surface area contributed by atoms with Crippen molar-refractivity contribution in [2.45, 2.75) is 12.0 Å². The number of phenols is 1. The molecule has 4 rings (SSSR count). The molecule has 0 saturated heterocycles. The Kier molecular flexibility index (Phi) is 6.34. The van der Waals surface area contributed by atoms with E-state index in [0.29, 0.717) is 10.6 Å². The summed E-state index contributed by atoms with van der Waals surface area (Å²) in [7, 11) is 0. The first-order valence-corrected chi connectivity index (χ1v) is 10.4. The number of amides is 1. The van der Waals surface area contributed by atoms with Crippen molar-refractivity contribution in [3.8, 4) is 5.75 Å². The predicted octanol–water partition coefficient (Wildman–Crippen LogP) is 6.08. The second kappa shape index (κ2) is 9.50. The minimum absolute atomic E-state index is 0.0318. The Morgan fingerprint density at radius 3 is 1.71 bits per heavy atom. The molecule has 4 aromatic carbocycles. The fraction of sp³-hybridized carbons (Fsp3) is 0.0741. The second-order valence-electron chi connectivity index (χ2n) is 7.31. The summed E-state index contributed by atoms with van der Waals surface area (Å²) < 4.78 is 0. The summed E-state index contributed by atoms with van der Waals surface area (Å²) in [6.07, 6.45) is 0. The normalized spacial score (nSPS) is 11.8.